The Hall–Kier alpha value is -3.35. The highest BCUT2D eigenvalue weighted by Gasteiger charge is 2.35. The fourth-order valence-electron chi connectivity index (χ4n) is 3.07. The van der Waals surface area contributed by atoms with Crippen molar-refractivity contribution in [3.63, 3.8) is 0 Å². The van der Waals surface area contributed by atoms with Crippen molar-refractivity contribution in [1.29, 1.82) is 0 Å². The minimum atomic E-state index is -0.935. The highest BCUT2D eigenvalue weighted by atomic mass is 16.5. The van der Waals surface area contributed by atoms with Crippen LogP contribution in [0, 0.1) is 5.92 Å². The van der Waals surface area contributed by atoms with Gasteiger partial charge in [0.1, 0.15) is 5.75 Å². The summed E-state index contributed by atoms with van der Waals surface area (Å²) in [5.74, 6) is -1.08. The number of rotatable bonds is 6. The SMILES string of the molecule is COc1ccc(N2CC(C(=O)Nc3cccc(CC(=O)O)c3)CC2=O)cc1. The maximum Gasteiger partial charge on any atom is 0.307 e. The van der Waals surface area contributed by atoms with E-state index in [1.165, 1.54) is 0 Å². The summed E-state index contributed by atoms with van der Waals surface area (Å²) in [6.45, 7) is 0.297. The van der Waals surface area contributed by atoms with Gasteiger partial charge in [-0.1, -0.05) is 12.1 Å². The molecule has 1 aliphatic rings. The Kier molecular flexibility index (Phi) is 5.40. The van der Waals surface area contributed by atoms with Gasteiger partial charge in [-0.25, -0.2) is 0 Å². The fraction of sp³-hybridized carbons (Fsp3) is 0.250. The normalized spacial score (nSPS) is 16.3. The van der Waals surface area contributed by atoms with Crippen LogP contribution < -0.4 is 15.0 Å². The quantitative estimate of drug-likeness (QED) is 0.816. The third-order valence-electron chi connectivity index (χ3n) is 4.43. The predicted octanol–water partition coefficient (Wildman–Crippen LogP) is 2.31. The lowest BCUT2D eigenvalue weighted by molar-refractivity contribution is -0.136. The van der Waals surface area contributed by atoms with Gasteiger partial charge in [0.15, 0.2) is 0 Å². The summed E-state index contributed by atoms with van der Waals surface area (Å²) >= 11 is 0. The number of aliphatic carboxylic acids is 1. The lowest BCUT2D eigenvalue weighted by atomic mass is 10.1. The van der Waals surface area contributed by atoms with Gasteiger partial charge in [-0.2, -0.15) is 0 Å². The highest BCUT2D eigenvalue weighted by molar-refractivity contribution is 6.03. The molecule has 3 rings (SSSR count). The van der Waals surface area contributed by atoms with Crippen molar-refractivity contribution in [2.24, 2.45) is 5.92 Å². The molecule has 7 heteroatoms. The molecule has 0 radical (unpaired) electrons. The van der Waals surface area contributed by atoms with Crippen LogP contribution in [-0.2, 0) is 20.8 Å². The first kappa shape index (κ1) is 18.4. The molecule has 0 bridgehead atoms. The number of hydrogen-bond donors (Lipinski definition) is 2. The molecule has 1 fully saturated rings. The molecule has 2 amide bonds. The van der Waals surface area contributed by atoms with Crippen LogP contribution in [0.25, 0.3) is 0 Å². The van der Waals surface area contributed by atoms with Crippen LogP contribution in [-0.4, -0.2) is 36.5 Å². The van der Waals surface area contributed by atoms with E-state index in [9.17, 15) is 14.4 Å². The van der Waals surface area contributed by atoms with E-state index in [0.717, 1.165) is 5.69 Å². The Morgan fingerprint density at radius 2 is 1.96 bits per heavy atom. The minimum Gasteiger partial charge on any atom is -0.497 e. The summed E-state index contributed by atoms with van der Waals surface area (Å²) in [6, 6.07) is 13.8. The van der Waals surface area contributed by atoms with Crippen LogP contribution in [0.4, 0.5) is 11.4 Å². The number of carbonyl (C=O) groups is 3. The monoisotopic (exact) mass is 368 g/mol. The zero-order chi connectivity index (χ0) is 19.4. The molecule has 1 saturated heterocycles. The van der Waals surface area contributed by atoms with Crippen molar-refractivity contribution >= 4 is 29.2 Å². The fourth-order valence-corrected chi connectivity index (χ4v) is 3.07. The number of carbonyl (C=O) groups excluding carboxylic acids is 2. The van der Waals surface area contributed by atoms with Gasteiger partial charge < -0.3 is 20.1 Å². The summed E-state index contributed by atoms with van der Waals surface area (Å²) in [6.07, 6.45) is 0.0174. The van der Waals surface area contributed by atoms with E-state index >= 15 is 0 Å². The van der Waals surface area contributed by atoms with E-state index in [2.05, 4.69) is 5.32 Å². The third kappa shape index (κ3) is 4.44. The van der Waals surface area contributed by atoms with Crippen molar-refractivity contribution in [2.75, 3.05) is 23.9 Å². The van der Waals surface area contributed by atoms with E-state index < -0.39 is 11.9 Å². The average molecular weight is 368 g/mol. The smallest absolute Gasteiger partial charge is 0.307 e. The molecule has 0 saturated carbocycles. The first-order valence-corrected chi connectivity index (χ1v) is 8.52. The summed E-state index contributed by atoms with van der Waals surface area (Å²) in [4.78, 5) is 37.3. The Labute approximate surface area is 156 Å². The number of amides is 2. The van der Waals surface area contributed by atoms with Crippen LogP contribution in [0.1, 0.15) is 12.0 Å². The van der Waals surface area contributed by atoms with Gasteiger partial charge in [-0.15, -0.1) is 0 Å². The Morgan fingerprint density at radius 1 is 1.22 bits per heavy atom. The number of benzene rings is 2. The van der Waals surface area contributed by atoms with Crippen LogP contribution in [0.5, 0.6) is 5.75 Å². The Bertz CT molecular complexity index is 863. The first-order chi connectivity index (χ1) is 13.0. The summed E-state index contributed by atoms with van der Waals surface area (Å²) in [5.41, 5.74) is 1.84. The van der Waals surface area contributed by atoms with E-state index in [0.29, 0.717) is 23.5 Å². The molecular weight excluding hydrogens is 348 g/mol. The van der Waals surface area contributed by atoms with E-state index in [1.54, 1.807) is 60.5 Å². The van der Waals surface area contributed by atoms with Gasteiger partial charge in [-0.3, -0.25) is 14.4 Å². The highest BCUT2D eigenvalue weighted by Crippen LogP contribution is 2.27. The number of nitrogens with one attached hydrogen (secondary N) is 1. The second-order valence-electron chi connectivity index (χ2n) is 6.36. The van der Waals surface area contributed by atoms with Gasteiger partial charge in [0.25, 0.3) is 0 Å². The van der Waals surface area contributed by atoms with Gasteiger partial charge >= 0.3 is 5.97 Å². The molecule has 0 spiro atoms. The maximum atomic E-state index is 12.5. The van der Waals surface area contributed by atoms with Crippen molar-refractivity contribution in [2.45, 2.75) is 12.8 Å². The van der Waals surface area contributed by atoms with E-state index in [1.807, 2.05) is 0 Å². The zero-order valence-electron chi connectivity index (χ0n) is 14.8. The second-order valence-corrected chi connectivity index (χ2v) is 6.36. The molecule has 2 aromatic carbocycles. The number of nitrogens with zero attached hydrogens (tertiary/aromatic N) is 1. The van der Waals surface area contributed by atoms with Crippen LogP contribution in [0.3, 0.4) is 0 Å². The van der Waals surface area contributed by atoms with Crippen LogP contribution >= 0.6 is 0 Å². The lowest BCUT2D eigenvalue weighted by Crippen LogP contribution is -2.28. The van der Waals surface area contributed by atoms with Crippen LogP contribution in [0.15, 0.2) is 48.5 Å². The van der Waals surface area contributed by atoms with Crippen molar-refractivity contribution in [3.05, 3.63) is 54.1 Å². The molecule has 1 heterocycles. The number of anilines is 2. The Balaban J connectivity index is 1.66. The minimum absolute atomic E-state index is 0.111. The molecule has 7 nitrogen and oxygen atoms in total. The summed E-state index contributed by atoms with van der Waals surface area (Å²) in [7, 11) is 1.57. The zero-order valence-corrected chi connectivity index (χ0v) is 14.8. The van der Waals surface area contributed by atoms with E-state index in [4.69, 9.17) is 9.84 Å². The molecule has 0 aromatic heterocycles. The standard InChI is InChI=1S/C20H20N2O5/c1-27-17-7-5-16(6-8-17)22-12-14(11-18(22)23)20(26)21-15-4-2-3-13(9-15)10-19(24)25/h2-9,14H,10-12H2,1H3,(H,21,26)(H,24,25). The topological polar surface area (TPSA) is 95.9 Å². The summed E-state index contributed by atoms with van der Waals surface area (Å²) < 4.78 is 5.11. The van der Waals surface area contributed by atoms with Gasteiger partial charge in [0.05, 0.1) is 19.4 Å². The molecule has 2 N–H and O–H groups in total. The molecular formula is C20H20N2O5. The first-order valence-electron chi connectivity index (χ1n) is 8.52. The molecule has 2 aromatic rings. The van der Waals surface area contributed by atoms with Crippen LogP contribution in [0.2, 0.25) is 0 Å². The Morgan fingerprint density at radius 3 is 2.63 bits per heavy atom. The number of carboxylic acids is 1. The van der Waals surface area contributed by atoms with Gasteiger partial charge in [-0.05, 0) is 42.0 Å². The largest absolute Gasteiger partial charge is 0.497 e. The van der Waals surface area contributed by atoms with E-state index in [-0.39, 0.29) is 24.7 Å². The predicted molar refractivity (Wildman–Crippen MR) is 99.9 cm³/mol. The average Bonchev–Trinajstić information content (AvgIpc) is 3.03. The van der Waals surface area contributed by atoms with Crippen molar-refractivity contribution in [1.82, 2.24) is 0 Å². The molecule has 140 valence electrons. The molecule has 1 unspecified atom stereocenters. The van der Waals surface area contributed by atoms with Crippen molar-refractivity contribution < 1.29 is 24.2 Å². The number of hydrogen-bond acceptors (Lipinski definition) is 4. The number of ether oxygens (including phenoxy) is 1. The molecule has 0 aliphatic carbocycles. The third-order valence-corrected chi connectivity index (χ3v) is 4.43. The maximum absolute atomic E-state index is 12.5. The lowest BCUT2D eigenvalue weighted by Gasteiger charge is -2.17. The second kappa shape index (κ2) is 7.90. The van der Waals surface area contributed by atoms with Gasteiger partial charge in [0, 0.05) is 24.3 Å². The van der Waals surface area contributed by atoms with Crippen molar-refractivity contribution in [3.8, 4) is 5.75 Å². The number of methoxy groups -OCH3 is 1. The number of carboxylic acid groups (broad SMARTS) is 1. The molecule has 1 aliphatic heterocycles. The molecule has 27 heavy (non-hydrogen) atoms. The van der Waals surface area contributed by atoms with Gasteiger partial charge in [0.2, 0.25) is 11.8 Å². The summed E-state index contributed by atoms with van der Waals surface area (Å²) in [5, 5.41) is 11.7. The molecule has 1 atom stereocenters.